The van der Waals surface area contributed by atoms with Crippen LogP contribution in [0.4, 0.5) is 13.2 Å². The Morgan fingerprint density at radius 3 is 2.50 bits per heavy atom. The van der Waals surface area contributed by atoms with Gasteiger partial charge in [0.05, 0.1) is 11.7 Å². The summed E-state index contributed by atoms with van der Waals surface area (Å²) >= 11 is 5.72. The molecule has 1 N–H and O–H groups in total. The highest BCUT2D eigenvalue weighted by molar-refractivity contribution is 6.34. The zero-order valence-electron chi connectivity index (χ0n) is 13.6. The molecule has 0 fully saturated rings. The number of nitrogens with one attached hydrogen (secondary N) is 1. The number of carbonyl (C=O) groups is 1. The fourth-order valence-electron chi connectivity index (χ4n) is 2.39. The summed E-state index contributed by atoms with van der Waals surface area (Å²) in [4.78, 5) is 12.3. The van der Waals surface area contributed by atoms with Crippen LogP contribution in [-0.4, -0.2) is 25.5 Å². The molecule has 0 aromatic carbocycles. The summed E-state index contributed by atoms with van der Waals surface area (Å²) in [5.74, 6) is -0.735. The quantitative estimate of drug-likeness (QED) is 0.907. The van der Waals surface area contributed by atoms with E-state index in [0.717, 1.165) is 15.9 Å². The predicted molar refractivity (Wildman–Crippen MR) is 81.7 cm³/mol. The molecule has 2 rings (SSSR count). The van der Waals surface area contributed by atoms with Gasteiger partial charge in [0, 0.05) is 25.4 Å². The Morgan fingerprint density at radius 1 is 1.42 bits per heavy atom. The molecule has 10 heteroatoms. The van der Waals surface area contributed by atoms with Gasteiger partial charge in [0.2, 0.25) is 0 Å². The number of alkyl halides is 3. The summed E-state index contributed by atoms with van der Waals surface area (Å²) in [6.45, 7) is 6.11. The highest BCUT2D eigenvalue weighted by Crippen LogP contribution is 2.35. The standard InChI is InChI=1S/C14H17ClF3N5O/c1-5-23-6-9(8(3)20-23)7(2)19-13(24)11-10(15)12(14(16,17)18)21-22(11)4/h6-7H,5H2,1-4H3,(H,19,24). The van der Waals surface area contributed by atoms with Crippen molar-refractivity contribution in [3.05, 3.63) is 33.9 Å². The Labute approximate surface area is 141 Å². The van der Waals surface area contributed by atoms with Crippen LogP contribution in [0.2, 0.25) is 5.02 Å². The normalized spacial score (nSPS) is 13.2. The van der Waals surface area contributed by atoms with Gasteiger partial charge in [-0.25, -0.2) is 0 Å². The van der Waals surface area contributed by atoms with Gasteiger partial charge < -0.3 is 5.32 Å². The van der Waals surface area contributed by atoms with Crippen LogP contribution >= 0.6 is 11.6 Å². The van der Waals surface area contributed by atoms with Gasteiger partial charge in [0.1, 0.15) is 10.7 Å². The van der Waals surface area contributed by atoms with Crippen molar-refractivity contribution in [1.82, 2.24) is 24.9 Å². The molecule has 2 heterocycles. The molecule has 132 valence electrons. The zero-order chi connectivity index (χ0) is 18.2. The van der Waals surface area contributed by atoms with Crippen molar-refractivity contribution in [3.63, 3.8) is 0 Å². The first kappa shape index (κ1) is 18.3. The minimum Gasteiger partial charge on any atom is -0.344 e. The lowest BCUT2D eigenvalue weighted by Crippen LogP contribution is -2.28. The van der Waals surface area contributed by atoms with Crippen molar-refractivity contribution >= 4 is 17.5 Å². The number of hydrogen-bond acceptors (Lipinski definition) is 3. The Bertz CT molecular complexity index is 765. The lowest BCUT2D eigenvalue weighted by molar-refractivity contribution is -0.141. The van der Waals surface area contributed by atoms with Gasteiger partial charge in [-0.15, -0.1) is 0 Å². The lowest BCUT2D eigenvalue weighted by Gasteiger charge is -2.13. The molecule has 0 saturated carbocycles. The summed E-state index contributed by atoms with van der Waals surface area (Å²) in [5.41, 5.74) is -0.105. The van der Waals surface area contributed by atoms with Crippen LogP contribution in [0.3, 0.4) is 0 Å². The van der Waals surface area contributed by atoms with Gasteiger partial charge in [-0.05, 0) is 20.8 Å². The molecule has 1 amide bonds. The minimum absolute atomic E-state index is 0.337. The number of nitrogens with zero attached hydrogens (tertiary/aromatic N) is 4. The first-order valence-electron chi connectivity index (χ1n) is 7.20. The van der Waals surface area contributed by atoms with Crippen LogP contribution in [0.25, 0.3) is 0 Å². The zero-order valence-corrected chi connectivity index (χ0v) is 14.3. The van der Waals surface area contributed by atoms with Crippen LogP contribution < -0.4 is 5.32 Å². The molecule has 2 aromatic rings. The number of halogens is 4. The van der Waals surface area contributed by atoms with Crippen molar-refractivity contribution in [3.8, 4) is 0 Å². The molecule has 6 nitrogen and oxygen atoms in total. The van der Waals surface area contributed by atoms with Crippen molar-refractivity contribution in [2.75, 3.05) is 0 Å². The maximum absolute atomic E-state index is 12.8. The highest BCUT2D eigenvalue weighted by atomic mass is 35.5. The van der Waals surface area contributed by atoms with E-state index in [1.54, 1.807) is 24.7 Å². The van der Waals surface area contributed by atoms with Crippen molar-refractivity contribution in [1.29, 1.82) is 0 Å². The number of aryl methyl sites for hydroxylation is 3. The fraction of sp³-hybridized carbons (Fsp3) is 0.500. The number of carbonyl (C=O) groups excluding carboxylic acids is 1. The lowest BCUT2D eigenvalue weighted by atomic mass is 10.1. The maximum atomic E-state index is 12.8. The summed E-state index contributed by atoms with van der Waals surface area (Å²) in [5, 5.41) is 9.49. The predicted octanol–water partition coefficient (Wildman–Crippen LogP) is 3.11. The van der Waals surface area contributed by atoms with E-state index in [4.69, 9.17) is 11.6 Å². The largest absolute Gasteiger partial charge is 0.436 e. The number of amides is 1. The second kappa shape index (κ2) is 6.46. The Morgan fingerprint density at radius 2 is 2.04 bits per heavy atom. The van der Waals surface area contributed by atoms with E-state index in [-0.39, 0.29) is 5.69 Å². The molecule has 24 heavy (non-hydrogen) atoms. The maximum Gasteiger partial charge on any atom is 0.436 e. The van der Waals surface area contributed by atoms with E-state index in [0.29, 0.717) is 6.54 Å². The van der Waals surface area contributed by atoms with E-state index >= 15 is 0 Å². The van der Waals surface area contributed by atoms with Gasteiger partial charge in [-0.3, -0.25) is 14.2 Å². The third kappa shape index (κ3) is 3.40. The first-order chi connectivity index (χ1) is 11.1. The second-order valence-electron chi connectivity index (χ2n) is 5.35. The van der Waals surface area contributed by atoms with Gasteiger partial charge >= 0.3 is 6.18 Å². The summed E-state index contributed by atoms with van der Waals surface area (Å²) < 4.78 is 41.0. The van der Waals surface area contributed by atoms with Crippen molar-refractivity contribution in [2.45, 2.75) is 39.5 Å². The molecule has 0 saturated heterocycles. The fourth-order valence-corrected chi connectivity index (χ4v) is 2.74. The third-order valence-corrected chi connectivity index (χ3v) is 3.95. The number of rotatable bonds is 4. The van der Waals surface area contributed by atoms with E-state index in [1.165, 1.54) is 7.05 Å². The monoisotopic (exact) mass is 363 g/mol. The molecule has 1 unspecified atom stereocenters. The summed E-state index contributed by atoms with van der Waals surface area (Å²) in [6, 6.07) is -0.446. The molecular weight excluding hydrogens is 347 g/mol. The van der Waals surface area contributed by atoms with Crippen LogP contribution in [0.5, 0.6) is 0 Å². The smallest absolute Gasteiger partial charge is 0.344 e. The average Bonchev–Trinajstić information content (AvgIpc) is 2.98. The minimum atomic E-state index is -4.72. The SMILES string of the molecule is CCn1cc(C(C)NC(=O)c2c(Cl)c(C(F)(F)F)nn2C)c(C)n1. The molecule has 0 aliphatic carbocycles. The topological polar surface area (TPSA) is 64.7 Å². The number of aromatic nitrogens is 4. The Hall–Kier alpha value is -2.03. The van der Waals surface area contributed by atoms with E-state index in [1.807, 2.05) is 6.92 Å². The van der Waals surface area contributed by atoms with Crippen LogP contribution in [-0.2, 0) is 19.8 Å². The average molecular weight is 364 g/mol. The molecule has 2 aromatic heterocycles. The van der Waals surface area contributed by atoms with E-state index in [2.05, 4.69) is 15.5 Å². The van der Waals surface area contributed by atoms with E-state index < -0.39 is 28.8 Å². The summed E-state index contributed by atoms with van der Waals surface area (Å²) in [6.07, 6.45) is -2.94. The molecule has 0 radical (unpaired) electrons. The molecule has 0 spiro atoms. The highest BCUT2D eigenvalue weighted by Gasteiger charge is 2.39. The van der Waals surface area contributed by atoms with Gasteiger partial charge in [-0.2, -0.15) is 23.4 Å². The van der Waals surface area contributed by atoms with E-state index in [9.17, 15) is 18.0 Å². The molecular formula is C14H17ClF3N5O. The third-order valence-electron chi connectivity index (χ3n) is 3.60. The van der Waals surface area contributed by atoms with Crippen LogP contribution in [0.1, 0.15) is 47.3 Å². The second-order valence-corrected chi connectivity index (χ2v) is 5.73. The van der Waals surface area contributed by atoms with Crippen LogP contribution in [0, 0.1) is 6.92 Å². The van der Waals surface area contributed by atoms with Crippen LogP contribution in [0.15, 0.2) is 6.20 Å². The molecule has 0 aliphatic rings. The van der Waals surface area contributed by atoms with Gasteiger partial charge in [0.25, 0.3) is 5.91 Å². The number of hydrogen-bond donors (Lipinski definition) is 1. The van der Waals surface area contributed by atoms with Crippen molar-refractivity contribution in [2.24, 2.45) is 7.05 Å². The van der Waals surface area contributed by atoms with Crippen molar-refractivity contribution < 1.29 is 18.0 Å². The molecule has 1 atom stereocenters. The van der Waals surface area contributed by atoms with Gasteiger partial charge in [-0.1, -0.05) is 11.6 Å². The first-order valence-corrected chi connectivity index (χ1v) is 7.58. The van der Waals surface area contributed by atoms with Gasteiger partial charge in [0.15, 0.2) is 5.69 Å². The molecule has 0 bridgehead atoms. The molecule has 0 aliphatic heterocycles. The summed E-state index contributed by atoms with van der Waals surface area (Å²) in [7, 11) is 1.24. The Balaban J connectivity index is 2.27. The Kier molecular flexibility index (Phi) is 4.93.